The molecule has 0 saturated carbocycles. The Hall–Kier alpha value is 0.0200. The van der Waals surface area contributed by atoms with Crippen LogP contribution in [-0.2, 0) is 0 Å². The summed E-state index contributed by atoms with van der Waals surface area (Å²) in [7, 11) is 0. The maximum absolute atomic E-state index is 4.11. The Morgan fingerprint density at radius 2 is 2.71 bits per heavy atom. The third-order valence-corrected chi connectivity index (χ3v) is 2.01. The Bertz CT molecular complexity index is 80.1. The van der Waals surface area contributed by atoms with E-state index < -0.39 is 0 Å². The summed E-state index contributed by atoms with van der Waals surface area (Å²) in [6.07, 6.45) is 1.99. The van der Waals surface area contributed by atoms with Crippen LogP contribution in [0.5, 0.6) is 0 Å². The summed E-state index contributed by atoms with van der Waals surface area (Å²) in [6.45, 7) is 3.23. The topological polar surface area (TPSA) is 12.4 Å². The Balaban J connectivity index is 2.32. The van der Waals surface area contributed by atoms with Crippen LogP contribution in [0.25, 0.3) is 0 Å². The SMILES string of the molecule is CC1CN=CCS1. The number of hydrogen-bond acceptors (Lipinski definition) is 2. The van der Waals surface area contributed by atoms with Gasteiger partial charge >= 0.3 is 0 Å². The Kier molecular flexibility index (Phi) is 1.74. The van der Waals surface area contributed by atoms with Gasteiger partial charge in [-0.25, -0.2) is 0 Å². The van der Waals surface area contributed by atoms with E-state index in [0.717, 1.165) is 17.5 Å². The van der Waals surface area contributed by atoms with E-state index in [0.29, 0.717) is 0 Å². The maximum Gasteiger partial charge on any atom is 0.0502 e. The summed E-state index contributed by atoms with van der Waals surface area (Å²) in [4.78, 5) is 4.11. The zero-order chi connectivity index (χ0) is 5.11. The molecule has 1 atom stereocenters. The van der Waals surface area contributed by atoms with E-state index in [1.165, 1.54) is 0 Å². The van der Waals surface area contributed by atoms with Gasteiger partial charge in [0.15, 0.2) is 0 Å². The third kappa shape index (κ3) is 1.51. The molecule has 0 N–H and O–H groups in total. The van der Waals surface area contributed by atoms with Crippen LogP contribution in [0.4, 0.5) is 0 Å². The average molecular weight is 115 g/mol. The summed E-state index contributed by atoms with van der Waals surface area (Å²) >= 11 is 1.97. The van der Waals surface area contributed by atoms with Gasteiger partial charge in [-0.15, -0.1) is 0 Å². The van der Waals surface area contributed by atoms with Crippen molar-refractivity contribution >= 4 is 18.0 Å². The van der Waals surface area contributed by atoms with Crippen molar-refractivity contribution in [3.8, 4) is 0 Å². The lowest BCUT2D eigenvalue weighted by Crippen LogP contribution is -2.07. The van der Waals surface area contributed by atoms with Gasteiger partial charge in [0, 0.05) is 17.2 Å². The van der Waals surface area contributed by atoms with Crippen LogP contribution in [0, 0.1) is 0 Å². The van der Waals surface area contributed by atoms with Crippen LogP contribution < -0.4 is 0 Å². The number of aliphatic imine (C=N–C) groups is 1. The van der Waals surface area contributed by atoms with Gasteiger partial charge < -0.3 is 0 Å². The van der Waals surface area contributed by atoms with Crippen LogP contribution in [0.15, 0.2) is 4.99 Å². The minimum atomic E-state index is 0.755. The second-order valence-electron chi connectivity index (χ2n) is 1.69. The van der Waals surface area contributed by atoms with E-state index >= 15 is 0 Å². The van der Waals surface area contributed by atoms with Crippen molar-refractivity contribution in [2.24, 2.45) is 4.99 Å². The first-order valence-electron chi connectivity index (χ1n) is 2.49. The molecule has 1 nitrogen and oxygen atoms in total. The van der Waals surface area contributed by atoms with E-state index in [4.69, 9.17) is 0 Å². The molecule has 1 rings (SSSR count). The first-order valence-corrected chi connectivity index (χ1v) is 3.54. The smallest absolute Gasteiger partial charge is 0.0502 e. The summed E-state index contributed by atoms with van der Waals surface area (Å²) < 4.78 is 0. The zero-order valence-electron chi connectivity index (χ0n) is 4.42. The van der Waals surface area contributed by atoms with Crippen LogP contribution >= 0.6 is 11.8 Å². The van der Waals surface area contributed by atoms with Crippen LogP contribution in [0.2, 0.25) is 0 Å². The predicted molar refractivity (Wildman–Crippen MR) is 35.3 cm³/mol. The quantitative estimate of drug-likeness (QED) is 0.462. The molecule has 1 aliphatic rings. The van der Waals surface area contributed by atoms with Crippen molar-refractivity contribution in [3.63, 3.8) is 0 Å². The molecule has 1 aliphatic heterocycles. The number of thioether (sulfide) groups is 1. The molecule has 0 radical (unpaired) electrons. The minimum absolute atomic E-state index is 0.755. The third-order valence-electron chi connectivity index (χ3n) is 0.947. The van der Waals surface area contributed by atoms with Crippen molar-refractivity contribution in [2.45, 2.75) is 12.2 Å². The Morgan fingerprint density at radius 1 is 1.86 bits per heavy atom. The molecule has 0 aromatic rings. The van der Waals surface area contributed by atoms with Gasteiger partial charge in [0.25, 0.3) is 0 Å². The van der Waals surface area contributed by atoms with Gasteiger partial charge in [-0.05, 0) is 0 Å². The van der Waals surface area contributed by atoms with Crippen molar-refractivity contribution < 1.29 is 0 Å². The molecule has 0 saturated heterocycles. The molecule has 2 heteroatoms. The molecule has 0 bridgehead atoms. The van der Waals surface area contributed by atoms with Crippen molar-refractivity contribution in [3.05, 3.63) is 0 Å². The lowest BCUT2D eigenvalue weighted by Gasteiger charge is -2.09. The van der Waals surface area contributed by atoms with Gasteiger partial charge in [-0.2, -0.15) is 11.8 Å². The van der Waals surface area contributed by atoms with E-state index in [9.17, 15) is 0 Å². The number of nitrogens with zero attached hydrogens (tertiary/aromatic N) is 1. The largest absolute Gasteiger partial charge is 0.296 e. The van der Waals surface area contributed by atoms with Crippen molar-refractivity contribution in [2.75, 3.05) is 12.3 Å². The van der Waals surface area contributed by atoms with Gasteiger partial charge in [0.2, 0.25) is 0 Å². The van der Waals surface area contributed by atoms with Gasteiger partial charge in [0.1, 0.15) is 0 Å². The van der Waals surface area contributed by atoms with E-state index in [-0.39, 0.29) is 0 Å². The molecule has 1 heterocycles. The molecule has 1 unspecified atom stereocenters. The predicted octanol–water partition coefficient (Wildman–Crippen LogP) is 1.19. The minimum Gasteiger partial charge on any atom is -0.296 e. The molecule has 0 aliphatic carbocycles. The van der Waals surface area contributed by atoms with E-state index in [2.05, 4.69) is 11.9 Å². The standard InChI is InChI=1S/C5H9NS/c1-5-4-6-2-3-7-5/h2,5H,3-4H2,1H3. The van der Waals surface area contributed by atoms with Crippen LogP contribution in [0.1, 0.15) is 6.92 Å². The molecule has 40 valence electrons. The lowest BCUT2D eigenvalue weighted by molar-refractivity contribution is 0.949. The number of rotatable bonds is 0. The monoisotopic (exact) mass is 115 g/mol. The summed E-state index contributed by atoms with van der Waals surface area (Å²) in [5.41, 5.74) is 0. The van der Waals surface area contributed by atoms with Crippen molar-refractivity contribution in [1.29, 1.82) is 0 Å². The van der Waals surface area contributed by atoms with Gasteiger partial charge in [-0.1, -0.05) is 6.92 Å². The lowest BCUT2D eigenvalue weighted by atomic mass is 10.5. The summed E-state index contributed by atoms with van der Waals surface area (Å²) in [6, 6.07) is 0. The van der Waals surface area contributed by atoms with Crippen molar-refractivity contribution in [1.82, 2.24) is 0 Å². The van der Waals surface area contributed by atoms with Gasteiger partial charge in [-0.3, -0.25) is 4.99 Å². The fraction of sp³-hybridized carbons (Fsp3) is 0.800. The highest BCUT2D eigenvalue weighted by Crippen LogP contribution is 2.11. The highest BCUT2D eigenvalue weighted by atomic mass is 32.2. The normalized spacial score (nSPS) is 30.7. The number of hydrogen-bond donors (Lipinski definition) is 0. The average Bonchev–Trinajstić information content (AvgIpc) is 1.69. The molecule has 7 heavy (non-hydrogen) atoms. The summed E-state index contributed by atoms with van der Waals surface area (Å²) in [5, 5.41) is 0.755. The second kappa shape index (κ2) is 2.36. The van der Waals surface area contributed by atoms with Gasteiger partial charge in [0.05, 0.1) is 6.54 Å². The Labute approximate surface area is 48.2 Å². The highest BCUT2D eigenvalue weighted by Gasteiger charge is 2.01. The molecular formula is C5H9NS. The van der Waals surface area contributed by atoms with Crippen LogP contribution in [0.3, 0.4) is 0 Å². The second-order valence-corrected chi connectivity index (χ2v) is 3.16. The highest BCUT2D eigenvalue weighted by molar-refractivity contribution is 8.00. The Morgan fingerprint density at radius 3 is 3.00 bits per heavy atom. The van der Waals surface area contributed by atoms with E-state index in [1.54, 1.807) is 0 Å². The molecular weight excluding hydrogens is 106 g/mol. The maximum atomic E-state index is 4.11. The van der Waals surface area contributed by atoms with Crippen LogP contribution in [-0.4, -0.2) is 23.8 Å². The molecule has 0 amide bonds. The first kappa shape index (κ1) is 5.16. The summed E-state index contributed by atoms with van der Waals surface area (Å²) in [5.74, 6) is 1.11. The zero-order valence-corrected chi connectivity index (χ0v) is 5.24. The fourth-order valence-corrected chi connectivity index (χ4v) is 1.25. The molecule has 0 aromatic carbocycles. The van der Waals surface area contributed by atoms with E-state index in [1.807, 2.05) is 18.0 Å². The molecule has 0 spiro atoms. The molecule has 0 fully saturated rings. The first-order chi connectivity index (χ1) is 3.39. The fourth-order valence-electron chi connectivity index (χ4n) is 0.536. The molecule has 0 aromatic heterocycles.